The molecule has 4 N–H and O–H groups in total. The molecule has 7 heteroatoms. The Morgan fingerprint density at radius 1 is 1.30 bits per heavy atom. The molecule has 0 fully saturated rings. The average Bonchev–Trinajstić information content (AvgIpc) is 2.41. The lowest BCUT2D eigenvalue weighted by molar-refractivity contribution is 0.0943. The van der Waals surface area contributed by atoms with Crippen LogP contribution >= 0.6 is 0 Å². The van der Waals surface area contributed by atoms with Gasteiger partial charge in [0.25, 0.3) is 11.5 Å². The van der Waals surface area contributed by atoms with Gasteiger partial charge in [0.2, 0.25) is 0 Å². The normalized spacial score (nSPS) is 10.3. The fourth-order valence-corrected chi connectivity index (χ4v) is 1.72. The Hall–Kier alpha value is -2.67. The van der Waals surface area contributed by atoms with Gasteiger partial charge in [-0.3, -0.25) is 15.0 Å². The summed E-state index contributed by atoms with van der Waals surface area (Å²) >= 11 is 0. The summed E-state index contributed by atoms with van der Waals surface area (Å²) in [5.41, 5.74) is 3.56. The Balaban J connectivity index is 2.64. The van der Waals surface area contributed by atoms with E-state index in [1.807, 2.05) is 25.3 Å². The van der Waals surface area contributed by atoms with Crippen LogP contribution in [0.2, 0.25) is 0 Å². The summed E-state index contributed by atoms with van der Waals surface area (Å²) in [6.07, 6.45) is 0. The zero-order chi connectivity index (χ0) is 14.9. The van der Waals surface area contributed by atoms with Crippen LogP contribution in [0.15, 0.2) is 29.1 Å². The number of rotatable bonds is 2. The van der Waals surface area contributed by atoms with Crippen molar-refractivity contribution in [2.75, 3.05) is 0 Å². The second-order valence-corrected chi connectivity index (χ2v) is 4.37. The van der Waals surface area contributed by atoms with E-state index < -0.39 is 17.2 Å². The van der Waals surface area contributed by atoms with Crippen molar-refractivity contribution in [3.63, 3.8) is 0 Å². The average molecular weight is 274 g/mol. The Labute approximate surface area is 114 Å². The lowest BCUT2D eigenvalue weighted by Crippen LogP contribution is -2.33. The standard InChI is InChI=1S/C13H14N4O3/c1-7-3-4-9(5-8(7)2)17-11(19)6-10(18)12(16-17)13(20)15-14/h3-6,18H,14H2,1-2H3,(H,15,20). The number of benzene rings is 1. The Kier molecular flexibility index (Phi) is 3.53. The summed E-state index contributed by atoms with van der Waals surface area (Å²) in [6.45, 7) is 3.84. The molecule has 1 heterocycles. The molecular formula is C13H14N4O3. The van der Waals surface area contributed by atoms with Crippen molar-refractivity contribution < 1.29 is 9.90 Å². The van der Waals surface area contributed by atoms with Gasteiger partial charge in [-0.05, 0) is 37.1 Å². The fraction of sp³-hybridized carbons (Fsp3) is 0.154. The van der Waals surface area contributed by atoms with E-state index in [9.17, 15) is 14.7 Å². The first-order valence-corrected chi connectivity index (χ1v) is 5.86. The first kappa shape index (κ1) is 13.8. The Morgan fingerprint density at radius 2 is 2.00 bits per heavy atom. The van der Waals surface area contributed by atoms with Gasteiger partial charge in [-0.1, -0.05) is 6.07 Å². The number of aryl methyl sites for hydroxylation is 2. The Bertz CT molecular complexity index is 737. The van der Waals surface area contributed by atoms with Crippen LogP contribution in [0, 0.1) is 13.8 Å². The van der Waals surface area contributed by atoms with E-state index in [0.29, 0.717) is 5.69 Å². The molecule has 2 rings (SSSR count). The molecule has 0 aliphatic heterocycles. The molecule has 1 amide bonds. The van der Waals surface area contributed by atoms with Crippen LogP contribution < -0.4 is 16.8 Å². The van der Waals surface area contributed by atoms with Gasteiger partial charge in [-0.25, -0.2) is 5.84 Å². The van der Waals surface area contributed by atoms with Gasteiger partial charge in [-0.15, -0.1) is 0 Å². The highest BCUT2D eigenvalue weighted by molar-refractivity contribution is 5.94. The van der Waals surface area contributed by atoms with Gasteiger partial charge in [0.1, 0.15) is 0 Å². The number of aromatic nitrogens is 2. The lowest BCUT2D eigenvalue weighted by Gasteiger charge is -2.09. The van der Waals surface area contributed by atoms with Crippen LogP contribution in [0.5, 0.6) is 5.75 Å². The zero-order valence-corrected chi connectivity index (χ0v) is 11.0. The molecule has 0 atom stereocenters. The summed E-state index contributed by atoms with van der Waals surface area (Å²) in [5, 5.41) is 13.4. The van der Waals surface area contributed by atoms with Crippen molar-refractivity contribution in [1.29, 1.82) is 0 Å². The van der Waals surface area contributed by atoms with Crippen LogP contribution in [0.1, 0.15) is 21.6 Å². The van der Waals surface area contributed by atoms with Gasteiger partial charge >= 0.3 is 0 Å². The molecule has 104 valence electrons. The summed E-state index contributed by atoms with van der Waals surface area (Å²) in [5.74, 6) is 3.71. The SMILES string of the molecule is Cc1ccc(-n2nc(C(=O)NN)c(O)cc2=O)cc1C. The highest BCUT2D eigenvalue weighted by Crippen LogP contribution is 2.15. The number of hydrogen-bond donors (Lipinski definition) is 3. The lowest BCUT2D eigenvalue weighted by atomic mass is 10.1. The quantitative estimate of drug-likeness (QED) is 0.410. The number of hydrazine groups is 1. The number of carbonyl (C=O) groups excluding carboxylic acids is 1. The van der Waals surface area contributed by atoms with Gasteiger partial charge in [0.15, 0.2) is 11.4 Å². The summed E-state index contributed by atoms with van der Waals surface area (Å²) in [4.78, 5) is 23.4. The first-order chi connectivity index (χ1) is 9.43. The highest BCUT2D eigenvalue weighted by Gasteiger charge is 2.15. The molecule has 1 aromatic heterocycles. The molecular weight excluding hydrogens is 260 g/mol. The highest BCUT2D eigenvalue weighted by atomic mass is 16.3. The maximum atomic E-state index is 11.9. The molecule has 0 unspecified atom stereocenters. The van der Waals surface area contributed by atoms with Crippen molar-refractivity contribution in [2.24, 2.45) is 5.84 Å². The molecule has 0 bridgehead atoms. The number of carbonyl (C=O) groups is 1. The van der Waals surface area contributed by atoms with Crippen LogP contribution in [-0.4, -0.2) is 20.8 Å². The second kappa shape index (κ2) is 5.14. The molecule has 2 aromatic rings. The minimum absolute atomic E-state index is 0.315. The summed E-state index contributed by atoms with van der Waals surface area (Å²) in [7, 11) is 0. The van der Waals surface area contributed by atoms with Crippen LogP contribution in [0.3, 0.4) is 0 Å². The van der Waals surface area contributed by atoms with Crippen LogP contribution in [0.25, 0.3) is 5.69 Å². The smallest absolute Gasteiger partial charge is 0.289 e. The molecule has 7 nitrogen and oxygen atoms in total. The minimum atomic E-state index is -0.778. The summed E-state index contributed by atoms with van der Waals surface area (Å²) in [6, 6.07) is 6.24. The zero-order valence-electron chi connectivity index (χ0n) is 11.0. The third-order valence-electron chi connectivity index (χ3n) is 2.99. The number of nitrogen functional groups attached to an aromatic ring is 1. The van der Waals surface area contributed by atoms with E-state index in [2.05, 4.69) is 5.10 Å². The first-order valence-electron chi connectivity index (χ1n) is 5.86. The number of aromatic hydroxyl groups is 1. The van der Waals surface area contributed by atoms with E-state index >= 15 is 0 Å². The number of hydrogen-bond acceptors (Lipinski definition) is 5. The van der Waals surface area contributed by atoms with E-state index in [1.54, 1.807) is 12.1 Å². The van der Waals surface area contributed by atoms with E-state index in [0.717, 1.165) is 21.9 Å². The Morgan fingerprint density at radius 3 is 2.60 bits per heavy atom. The molecule has 0 radical (unpaired) electrons. The van der Waals surface area contributed by atoms with E-state index in [1.165, 1.54) is 0 Å². The second-order valence-electron chi connectivity index (χ2n) is 4.37. The predicted octanol–water partition coefficient (Wildman–Crippen LogP) is 0.158. The number of amides is 1. The van der Waals surface area contributed by atoms with Crippen molar-refractivity contribution >= 4 is 5.91 Å². The van der Waals surface area contributed by atoms with E-state index in [-0.39, 0.29) is 5.69 Å². The van der Waals surface area contributed by atoms with Gasteiger partial charge in [0, 0.05) is 6.07 Å². The summed E-state index contributed by atoms with van der Waals surface area (Å²) < 4.78 is 1.04. The molecule has 1 aromatic carbocycles. The fourth-order valence-electron chi connectivity index (χ4n) is 1.72. The van der Waals surface area contributed by atoms with Crippen molar-refractivity contribution in [2.45, 2.75) is 13.8 Å². The molecule has 0 saturated heterocycles. The molecule has 0 spiro atoms. The maximum Gasteiger partial charge on any atom is 0.289 e. The molecule has 0 aliphatic rings. The predicted molar refractivity (Wildman–Crippen MR) is 72.6 cm³/mol. The number of nitrogens with zero attached hydrogens (tertiary/aromatic N) is 2. The van der Waals surface area contributed by atoms with Crippen molar-refractivity contribution in [1.82, 2.24) is 15.2 Å². The number of nitrogens with one attached hydrogen (secondary N) is 1. The van der Waals surface area contributed by atoms with Crippen LogP contribution in [0.4, 0.5) is 0 Å². The third kappa shape index (κ3) is 2.39. The van der Waals surface area contributed by atoms with Crippen LogP contribution in [-0.2, 0) is 0 Å². The number of nitrogens with two attached hydrogens (primary N) is 1. The largest absolute Gasteiger partial charge is 0.505 e. The monoisotopic (exact) mass is 274 g/mol. The van der Waals surface area contributed by atoms with Gasteiger partial charge < -0.3 is 5.11 Å². The maximum absolute atomic E-state index is 11.9. The third-order valence-corrected chi connectivity index (χ3v) is 2.99. The van der Waals surface area contributed by atoms with Gasteiger partial charge in [-0.2, -0.15) is 9.78 Å². The molecule has 0 saturated carbocycles. The van der Waals surface area contributed by atoms with Crippen molar-refractivity contribution in [3.8, 4) is 11.4 Å². The topological polar surface area (TPSA) is 110 Å². The van der Waals surface area contributed by atoms with Crippen molar-refractivity contribution in [3.05, 3.63) is 51.4 Å². The molecule has 0 aliphatic carbocycles. The molecule has 20 heavy (non-hydrogen) atoms. The van der Waals surface area contributed by atoms with E-state index in [4.69, 9.17) is 5.84 Å². The minimum Gasteiger partial charge on any atom is -0.505 e. The van der Waals surface area contributed by atoms with Gasteiger partial charge in [0.05, 0.1) is 5.69 Å².